The lowest BCUT2D eigenvalue weighted by Crippen LogP contribution is -2.29. The highest BCUT2D eigenvalue weighted by molar-refractivity contribution is 5.79. The van der Waals surface area contributed by atoms with Gasteiger partial charge in [0.05, 0.1) is 6.42 Å². The van der Waals surface area contributed by atoms with Crippen LogP contribution in [0.25, 0.3) is 0 Å². The molecule has 0 aromatic heterocycles. The quantitative estimate of drug-likeness (QED) is 0.817. The summed E-state index contributed by atoms with van der Waals surface area (Å²) >= 11 is 0. The Bertz CT molecular complexity index is 502. The molecule has 5 heteroatoms. The van der Waals surface area contributed by atoms with Gasteiger partial charge in [-0.1, -0.05) is 12.1 Å². The van der Waals surface area contributed by atoms with Crippen LogP contribution in [0, 0.1) is 12.8 Å². The average Bonchev–Trinajstić information content (AvgIpc) is 2.32. The Morgan fingerprint density at radius 2 is 1.95 bits per heavy atom. The molecule has 1 atom stereocenters. The largest absolute Gasteiger partial charge is 0.493 e. The summed E-state index contributed by atoms with van der Waals surface area (Å²) in [4.78, 5) is 22.9. The maximum atomic E-state index is 11.7. The van der Waals surface area contributed by atoms with Crippen LogP contribution in [-0.4, -0.2) is 29.3 Å². The van der Waals surface area contributed by atoms with E-state index >= 15 is 0 Å². The second-order valence-electron chi connectivity index (χ2n) is 5.95. The molecule has 0 aliphatic rings. The van der Waals surface area contributed by atoms with Crippen molar-refractivity contribution in [3.05, 3.63) is 29.8 Å². The lowest BCUT2D eigenvalue weighted by molar-refractivity contribution is -0.160. The van der Waals surface area contributed by atoms with Gasteiger partial charge >= 0.3 is 11.9 Å². The van der Waals surface area contributed by atoms with E-state index in [1.54, 1.807) is 26.8 Å². The molecule has 0 radical (unpaired) electrons. The van der Waals surface area contributed by atoms with E-state index in [0.29, 0.717) is 5.75 Å². The Labute approximate surface area is 124 Å². The Kier molecular flexibility index (Phi) is 5.76. The molecule has 116 valence electrons. The molecule has 0 aliphatic heterocycles. The van der Waals surface area contributed by atoms with E-state index in [4.69, 9.17) is 14.6 Å². The molecule has 21 heavy (non-hydrogen) atoms. The number of ether oxygens (including phenoxy) is 2. The first-order valence-corrected chi connectivity index (χ1v) is 6.81. The number of rotatable bonds is 6. The van der Waals surface area contributed by atoms with Crippen molar-refractivity contribution in [1.82, 2.24) is 0 Å². The van der Waals surface area contributed by atoms with E-state index in [1.807, 2.05) is 25.1 Å². The zero-order chi connectivity index (χ0) is 16.0. The maximum absolute atomic E-state index is 11.7. The first kappa shape index (κ1) is 17.0. The maximum Gasteiger partial charge on any atom is 0.310 e. The number of carbonyl (C=O) groups is 2. The number of carboxylic acid groups (broad SMARTS) is 1. The fourth-order valence-electron chi connectivity index (χ4n) is 1.70. The smallest absolute Gasteiger partial charge is 0.310 e. The van der Waals surface area contributed by atoms with Gasteiger partial charge in [-0.05, 0) is 45.4 Å². The van der Waals surface area contributed by atoms with Crippen molar-refractivity contribution in [2.75, 3.05) is 6.61 Å². The fraction of sp³-hybridized carbons (Fsp3) is 0.500. The van der Waals surface area contributed by atoms with E-state index < -0.39 is 23.5 Å². The molecule has 0 aliphatic carbocycles. The SMILES string of the molecule is Cc1cccc(OC[C@@H](CC(=O)OC(C)(C)C)C(=O)O)c1. The number of aryl methyl sites for hydroxylation is 1. The molecule has 0 saturated heterocycles. The molecule has 0 bridgehead atoms. The molecule has 0 amide bonds. The Balaban J connectivity index is 2.58. The van der Waals surface area contributed by atoms with Crippen molar-refractivity contribution in [3.8, 4) is 5.75 Å². The molecule has 0 spiro atoms. The summed E-state index contributed by atoms with van der Waals surface area (Å²) in [5.41, 5.74) is 0.392. The molecule has 1 N–H and O–H groups in total. The van der Waals surface area contributed by atoms with Crippen molar-refractivity contribution in [3.63, 3.8) is 0 Å². The van der Waals surface area contributed by atoms with Gasteiger partial charge in [0.2, 0.25) is 0 Å². The van der Waals surface area contributed by atoms with Crippen molar-refractivity contribution < 1.29 is 24.2 Å². The average molecular weight is 294 g/mol. The van der Waals surface area contributed by atoms with E-state index in [9.17, 15) is 9.59 Å². The predicted molar refractivity (Wildman–Crippen MR) is 78.3 cm³/mol. The van der Waals surface area contributed by atoms with Gasteiger partial charge in [-0.2, -0.15) is 0 Å². The number of aliphatic carboxylic acids is 1. The van der Waals surface area contributed by atoms with E-state index in [-0.39, 0.29) is 13.0 Å². The lowest BCUT2D eigenvalue weighted by Gasteiger charge is -2.21. The minimum Gasteiger partial charge on any atom is -0.493 e. The van der Waals surface area contributed by atoms with Gasteiger partial charge < -0.3 is 14.6 Å². The Hall–Kier alpha value is -2.04. The van der Waals surface area contributed by atoms with Crippen LogP contribution in [0.15, 0.2) is 24.3 Å². The van der Waals surface area contributed by atoms with Crippen molar-refractivity contribution in [2.24, 2.45) is 5.92 Å². The molecule has 1 aromatic rings. The summed E-state index contributed by atoms with van der Waals surface area (Å²) in [5, 5.41) is 9.17. The molecule has 0 unspecified atom stereocenters. The second-order valence-corrected chi connectivity index (χ2v) is 5.95. The molecule has 0 fully saturated rings. The highest BCUT2D eigenvalue weighted by Gasteiger charge is 2.25. The summed E-state index contributed by atoms with van der Waals surface area (Å²) < 4.78 is 10.6. The van der Waals surface area contributed by atoms with Crippen LogP contribution in [0.5, 0.6) is 5.75 Å². The van der Waals surface area contributed by atoms with Gasteiger partial charge in [0, 0.05) is 0 Å². The molecule has 0 heterocycles. The summed E-state index contributed by atoms with van der Waals surface area (Å²) in [6.45, 7) is 7.07. The van der Waals surface area contributed by atoms with Crippen molar-refractivity contribution >= 4 is 11.9 Å². The van der Waals surface area contributed by atoms with Crippen LogP contribution in [0.2, 0.25) is 0 Å². The van der Waals surface area contributed by atoms with Crippen molar-refractivity contribution in [2.45, 2.75) is 39.7 Å². The van der Waals surface area contributed by atoms with Crippen LogP contribution in [-0.2, 0) is 14.3 Å². The van der Waals surface area contributed by atoms with Crippen LogP contribution < -0.4 is 4.74 Å². The monoisotopic (exact) mass is 294 g/mol. The summed E-state index contributed by atoms with van der Waals surface area (Å²) in [6, 6.07) is 7.31. The number of hydrogen-bond acceptors (Lipinski definition) is 4. The van der Waals surface area contributed by atoms with Crippen LogP contribution >= 0.6 is 0 Å². The predicted octanol–water partition coefficient (Wildman–Crippen LogP) is 2.81. The standard InChI is InChI=1S/C16H22O5/c1-11-6-5-7-13(8-11)20-10-12(15(18)19)9-14(17)21-16(2,3)4/h5-8,12H,9-10H2,1-4H3,(H,18,19)/t12-/m1/s1. The zero-order valence-corrected chi connectivity index (χ0v) is 12.9. The number of carboxylic acids is 1. The highest BCUT2D eigenvalue weighted by atomic mass is 16.6. The second kappa shape index (κ2) is 7.11. The molecule has 1 rings (SSSR count). The number of esters is 1. The minimum absolute atomic E-state index is 0.0714. The molecular formula is C16H22O5. The molecule has 1 aromatic carbocycles. The topological polar surface area (TPSA) is 72.8 Å². The number of carbonyl (C=O) groups excluding carboxylic acids is 1. The third kappa shape index (κ3) is 6.79. The third-order valence-corrected chi connectivity index (χ3v) is 2.62. The van der Waals surface area contributed by atoms with Crippen LogP contribution in [0.3, 0.4) is 0 Å². The Morgan fingerprint density at radius 1 is 1.29 bits per heavy atom. The third-order valence-electron chi connectivity index (χ3n) is 2.62. The van der Waals surface area contributed by atoms with Crippen LogP contribution in [0.1, 0.15) is 32.8 Å². The van der Waals surface area contributed by atoms with E-state index in [0.717, 1.165) is 5.56 Å². The number of hydrogen-bond donors (Lipinski definition) is 1. The minimum atomic E-state index is -1.08. The van der Waals surface area contributed by atoms with Gasteiger partial charge in [-0.3, -0.25) is 9.59 Å². The summed E-state index contributed by atoms with van der Waals surface area (Å²) in [5.74, 6) is -1.96. The van der Waals surface area contributed by atoms with Gasteiger partial charge in [0.1, 0.15) is 23.9 Å². The Morgan fingerprint density at radius 3 is 2.48 bits per heavy atom. The number of benzene rings is 1. The van der Waals surface area contributed by atoms with E-state index in [2.05, 4.69) is 0 Å². The van der Waals surface area contributed by atoms with Crippen molar-refractivity contribution in [1.29, 1.82) is 0 Å². The molecule has 0 saturated carbocycles. The zero-order valence-electron chi connectivity index (χ0n) is 12.9. The summed E-state index contributed by atoms with van der Waals surface area (Å²) in [6.07, 6.45) is -0.210. The highest BCUT2D eigenvalue weighted by Crippen LogP contribution is 2.16. The van der Waals surface area contributed by atoms with Gasteiger partial charge in [0.25, 0.3) is 0 Å². The normalized spacial score (nSPS) is 12.6. The molecule has 5 nitrogen and oxygen atoms in total. The lowest BCUT2D eigenvalue weighted by atomic mass is 10.1. The van der Waals surface area contributed by atoms with Crippen LogP contribution in [0.4, 0.5) is 0 Å². The van der Waals surface area contributed by atoms with Gasteiger partial charge in [-0.15, -0.1) is 0 Å². The fourth-order valence-corrected chi connectivity index (χ4v) is 1.70. The first-order chi connectivity index (χ1) is 9.67. The van der Waals surface area contributed by atoms with E-state index in [1.165, 1.54) is 0 Å². The van der Waals surface area contributed by atoms with Gasteiger partial charge in [-0.25, -0.2) is 0 Å². The summed E-state index contributed by atoms with van der Waals surface area (Å²) in [7, 11) is 0. The molecular weight excluding hydrogens is 272 g/mol. The first-order valence-electron chi connectivity index (χ1n) is 6.81. The van der Waals surface area contributed by atoms with Gasteiger partial charge in [0.15, 0.2) is 0 Å².